The first kappa shape index (κ1) is 23.2. The number of aryl methyl sites for hydroxylation is 3. The number of benzene rings is 2. The second-order valence-electron chi connectivity index (χ2n) is 8.38. The molecular weight excluding hydrogens is 432 g/mol. The zero-order valence-electron chi connectivity index (χ0n) is 19.9. The molecule has 2 aromatic carbocycles. The molecule has 172 valence electrons. The summed E-state index contributed by atoms with van der Waals surface area (Å²) in [5.74, 6) is 1.22. The maximum absolute atomic E-state index is 13.0. The molecule has 1 aromatic heterocycles. The largest absolute Gasteiger partial charge is 0.447 e. The third kappa shape index (κ3) is 4.74. The lowest BCUT2D eigenvalue weighted by Gasteiger charge is -2.31. The van der Waals surface area contributed by atoms with Gasteiger partial charge in [0.2, 0.25) is 23.2 Å². The maximum Gasteiger partial charge on any atom is 0.247 e. The fourth-order valence-corrected chi connectivity index (χ4v) is 4.97. The van der Waals surface area contributed by atoms with Gasteiger partial charge in [-0.2, -0.15) is 4.98 Å². The Kier molecular flexibility index (Phi) is 6.98. The van der Waals surface area contributed by atoms with Crippen molar-refractivity contribution in [3.63, 3.8) is 0 Å². The fraction of sp³-hybridized carbons (Fsp3) is 0.385. The highest BCUT2D eigenvalue weighted by molar-refractivity contribution is 7.99. The van der Waals surface area contributed by atoms with E-state index < -0.39 is 6.23 Å². The van der Waals surface area contributed by atoms with Crippen molar-refractivity contribution in [1.29, 1.82) is 0 Å². The number of unbranched alkanes of at least 4 members (excludes halogenated alkanes) is 1. The average Bonchev–Trinajstić information content (AvgIpc) is 2.94. The summed E-state index contributed by atoms with van der Waals surface area (Å²) in [6.07, 6.45) is 2.48. The Morgan fingerprint density at radius 3 is 2.55 bits per heavy atom. The van der Waals surface area contributed by atoms with Crippen molar-refractivity contribution in [3.8, 4) is 17.1 Å². The summed E-state index contributed by atoms with van der Waals surface area (Å²) < 4.78 is 6.49. The van der Waals surface area contributed by atoms with Crippen LogP contribution in [0, 0.1) is 13.8 Å². The number of ether oxygens (including phenoxy) is 1. The molecule has 4 rings (SSSR count). The van der Waals surface area contributed by atoms with Gasteiger partial charge < -0.3 is 4.74 Å². The summed E-state index contributed by atoms with van der Waals surface area (Å²) in [7, 11) is 0. The molecule has 0 aliphatic carbocycles. The molecule has 0 fully saturated rings. The number of anilines is 1. The van der Waals surface area contributed by atoms with E-state index in [0.29, 0.717) is 16.7 Å². The summed E-state index contributed by atoms with van der Waals surface area (Å²) in [6, 6.07) is 12.3. The lowest BCUT2D eigenvalue weighted by atomic mass is 10.00. The van der Waals surface area contributed by atoms with Gasteiger partial charge in [-0.3, -0.25) is 9.69 Å². The molecule has 1 aliphatic heterocycles. The molecular formula is C26H30N4O2S. The normalized spacial score (nSPS) is 14.8. The molecule has 0 unspecified atom stereocenters. The van der Waals surface area contributed by atoms with E-state index in [1.165, 1.54) is 5.56 Å². The lowest BCUT2D eigenvalue weighted by Crippen LogP contribution is -2.36. The van der Waals surface area contributed by atoms with Gasteiger partial charge in [0, 0.05) is 23.8 Å². The number of carbonyl (C=O) groups excluding carboxylic acids is 1. The minimum Gasteiger partial charge on any atom is -0.447 e. The molecule has 7 heteroatoms. The number of hydrogen-bond donors (Lipinski definition) is 0. The maximum atomic E-state index is 13.0. The van der Waals surface area contributed by atoms with Crippen LogP contribution in [0.5, 0.6) is 5.88 Å². The molecule has 0 bridgehead atoms. The zero-order valence-corrected chi connectivity index (χ0v) is 20.7. The molecule has 33 heavy (non-hydrogen) atoms. The zero-order chi connectivity index (χ0) is 23.5. The van der Waals surface area contributed by atoms with Gasteiger partial charge in [0.15, 0.2) is 5.69 Å². The predicted molar refractivity (Wildman–Crippen MR) is 133 cm³/mol. The van der Waals surface area contributed by atoms with Crippen LogP contribution in [0.3, 0.4) is 0 Å². The van der Waals surface area contributed by atoms with Crippen molar-refractivity contribution in [2.75, 3.05) is 10.7 Å². The van der Waals surface area contributed by atoms with Gasteiger partial charge in [-0.05, 0) is 43.9 Å². The molecule has 0 saturated heterocycles. The highest BCUT2D eigenvalue weighted by Crippen LogP contribution is 2.45. The van der Waals surface area contributed by atoms with Crippen LogP contribution in [0.1, 0.15) is 62.1 Å². The van der Waals surface area contributed by atoms with E-state index in [4.69, 9.17) is 9.72 Å². The highest BCUT2D eigenvalue weighted by Gasteiger charge is 2.35. The van der Waals surface area contributed by atoms with Crippen LogP contribution in [-0.2, 0) is 11.2 Å². The summed E-state index contributed by atoms with van der Waals surface area (Å²) in [5, 5.41) is 9.49. The molecule has 3 aromatic rings. The molecule has 6 nitrogen and oxygen atoms in total. The minimum absolute atomic E-state index is 0.105. The van der Waals surface area contributed by atoms with Gasteiger partial charge in [0.1, 0.15) is 0 Å². The van der Waals surface area contributed by atoms with E-state index in [0.717, 1.165) is 53.0 Å². The van der Waals surface area contributed by atoms with E-state index >= 15 is 0 Å². The number of nitrogens with zero attached hydrogens (tertiary/aromatic N) is 4. The van der Waals surface area contributed by atoms with Crippen molar-refractivity contribution < 1.29 is 9.53 Å². The molecule has 0 N–H and O–H groups in total. The van der Waals surface area contributed by atoms with E-state index in [-0.39, 0.29) is 5.91 Å². The Morgan fingerprint density at radius 2 is 1.88 bits per heavy atom. The first-order valence-electron chi connectivity index (χ1n) is 11.5. The van der Waals surface area contributed by atoms with Crippen LogP contribution in [0.2, 0.25) is 0 Å². The third-order valence-electron chi connectivity index (χ3n) is 5.78. The highest BCUT2D eigenvalue weighted by atomic mass is 32.2. The van der Waals surface area contributed by atoms with Crippen LogP contribution < -0.4 is 9.64 Å². The van der Waals surface area contributed by atoms with Crippen LogP contribution in [-0.4, -0.2) is 26.8 Å². The number of aromatic nitrogens is 3. The minimum atomic E-state index is -0.653. The van der Waals surface area contributed by atoms with Gasteiger partial charge in [0.25, 0.3) is 0 Å². The van der Waals surface area contributed by atoms with Crippen molar-refractivity contribution >= 4 is 23.4 Å². The summed E-state index contributed by atoms with van der Waals surface area (Å²) in [6.45, 7) is 9.90. The van der Waals surface area contributed by atoms with Gasteiger partial charge >= 0.3 is 0 Å². The Morgan fingerprint density at radius 1 is 1.12 bits per heavy atom. The fourth-order valence-electron chi connectivity index (χ4n) is 4.11. The van der Waals surface area contributed by atoms with Crippen LogP contribution >= 0.6 is 11.8 Å². The standard InChI is InChI=1S/C26H30N4O2S/c1-6-8-13-33-26-27-24-22(28-29-26)21-15-16(3)14-17(4)23(21)30(18(5)31)25(32-24)20-11-9-19(7-2)10-12-20/h9-12,14-15,25H,6-8,13H2,1-5H3/t25-/m0/s1. The van der Waals surface area contributed by atoms with Crippen molar-refractivity contribution in [2.24, 2.45) is 0 Å². The molecule has 2 heterocycles. The second-order valence-corrected chi connectivity index (χ2v) is 9.44. The molecule has 1 amide bonds. The van der Waals surface area contributed by atoms with E-state index in [1.807, 2.05) is 32.0 Å². The van der Waals surface area contributed by atoms with Crippen LogP contribution in [0.25, 0.3) is 11.3 Å². The van der Waals surface area contributed by atoms with Gasteiger partial charge in [-0.1, -0.05) is 67.9 Å². The molecule has 1 aliphatic rings. The number of thioether (sulfide) groups is 1. The van der Waals surface area contributed by atoms with E-state index in [1.54, 1.807) is 23.6 Å². The summed E-state index contributed by atoms with van der Waals surface area (Å²) in [4.78, 5) is 19.5. The topological polar surface area (TPSA) is 68.2 Å². The lowest BCUT2D eigenvalue weighted by molar-refractivity contribution is -0.118. The molecule has 0 spiro atoms. The Bertz CT molecular complexity index is 1160. The van der Waals surface area contributed by atoms with Crippen molar-refractivity contribution in [1.82, 2.24) is 15.2 Å². The van der Waals surface area contributed by atoms with Gasteiger partial charge in [0.05, 0.1) is 5.69 Å². The number of hydrogen-bond acceptors (Lipinski definition) is 6. The number of fused-ring (bicyclic) bond motifs is 3. The number of amides is 1. The third-order valence-corrected chi connectivity index (χ3v) is 6.70. The number of carbonyl (C=O) groups is 1. The van der Waals surface area contributed by atoms with Gasteiger partial charge in [-0.25, -0.2) is 0 Å². The predicted octanol–water partition coefficient (Wildman–Crippen LogP) is 6.05. The molecule has 0 radical (unpaired) electrons. The molecule has 0 saturated carbocycles. The Hall–Kier alpha value is -2.93. The Balaban J connectivity index is 1.90. The quantitative estimate of drug-likeness (QED) is 0.328. The Labute approximate surface area is 199 Å². The average molecular weight is 463 g/mol. The second kappa shape index (κ2) is 9.91. The van der Waals surface area contributed by atoms with Crippen LogP contribution in [0.15, 0.2) is 41.6 Å². The van der Waals surface area contributed by atoms with Gasteiger partial charge in [-0.15, -0.1) is 10.2 Å². The number of rotatable bonds is 6. The van der Waals surface area contributed by atoms with E-state index in [2.05, 4.69) is 42.2 Å². The monoisotopic (exact) mass is 462 g/mol. The van der Waals surface area contributed by atoms with Crippen molar-refractivity contribution in [3.05, 3.63) is 58.7 Å². The first-order chi connectivity index (χ1) is 15.9. The SMILES string of the molecule is CCCCSc1nnc2c(n1)O[C@@H](c1ccc(CC)cc1)N(C(C)=O)c1c(C)cc(C)cc1-2. The molecule has 1 atom stereocenters. The van der Waals surface area contributed by atoms with E-state index in [9.17, 15) is 4.79 Å². The van der Waals surface area contributed by atoms with Crippen molar-refractivity contribution in [2.45, 2.75) is 65.3 Å². The summed E-state index contributed by atoms with van der Waals surface area (Å²) in [5.41, 5.74) is 6.35. The smallest absolute Gasteiger partial charge is 0.247 e. The first-order valence-corrected chi connectivity index (χ1v) is 12.5. The van der Waals surface area contributed by atoms with Crippen LogP contribution in [0.4, 0.5) is 5.69 Å². The summed E-state index contributed by atoms with van der Waals surface area (Å²) >= 11 is 1.58.